The lowest BCUT2D eigenvalue weighted by Gasteiger charge is -2.15. The molecule has 1 saturated carbocycles. The molecule has 0 amide bonds. The minimum Gasteiger partial charge on any atom is -0.350 e. The van der Waals surface area contributed by atoms with Crippen LogP contribution in [0.1, 0.15) is 12.8 Å². The molecule has 0 radical (unpaired) electrons. The summed E-state index contributed by atoms with van der Waals surface area (Å²) in [5.74, 6) is -0.369. The second-order valence-electron chi connectivity index (χ2n) is 5.48. The second kappa shape index (κ2) is 6.71. The van der Waals surface area contributed by atoms with Gasteiger partial charge in [0.25, 0.3) is 0 Å². The van der Waals surface area contributed by atoms with Gasteiger partial charge < -0.3 is 10.0 Å². The molecule has 3 nitrogen and oxygen atoms in total. The number of fused-ring (bicyclic) bond motifs is 1. The molecule has 0 aliphatic heterocycles. The summed E-state index contributed by atoms with van der Waals surface area (Å²) in [5, 5.41) is 4.25. The van der Waals surface area contributed by atoms with Crippen LogP contribution in [-0.2, 0) is 0 Å². The molecule has 0 saturated heterocycles. The molecule has 1 aliphatic carbocycles. The monoisotopic (exact) mass is 443 g/mol. The number of anilines is 3. The van der Waals surface area contributed by atoms with Gasteiger partial charge in [-0.2, -0.15) is 0 Å². The molecule has 1 aromatic heterocycles. The highest BCUT2D eigenvalue weighted by Gasteiger charge is 2.24. The molecule has 2 N–H and O–H groups in total. The van der Waals surface area contributed by atoms with Crippen LogP contribution in [0, 0.1) is 5.82 Å². The predicted molar refractivity (Wildman–Crippen MR) is 106 cm³/mol. The largest absolute Gasteiger partial charge is 0.350 e. The Morgan fingerprint density at radius 2 is 2.12 bits per heavy atom. The maximum Gasteiger partial charge on any atom is 0.175 e. The van der Waals surface area contributed by atoms with Gasteiger partial charge in [0.1, 0.15) is 11.2 Å². The zero-order valence-electron chi connectivity index (χ0n) is 12.3. The van der Waals surface area contributed by atoms with Crippen molar-refractivity contribution in [1.82, 2.24) is 4.98 Å². The van der Waals surface area contributed by atoms with Crippen molar-refractivity contribution in [2.75, 3.05) is 10.0 Å². The molecule has 8 heteroatoms. The predicted octanol–water partition coefficient (Wildman–Crippen LogP) is 6.82. The van der Waals surface area contributed by atoms with Crippen molar-refractivity contribution in [3.05, 3.63) is 45.1 Å². The molecule has 1 aliphatic rings. The molecule has 0 spiro atoms. The van der Waals surface area contributed by atoms with Crippen molar-refractivity contribution >= 4 is 78.1 Å². The lowest BCUT2D eigenvalue weighted by molar-refractivity contribution is 0.642. The third-order valence-electron chi connectivity index (χ3n) is 3.62. The standard InChI is InChI=1S/C16H12BrClFN3S2/c17-8-1-4-11(10(18)5-8)21-15-12(22-24-9-2-3-9)6-13-16(14(15)19)20-7-23-13/h1,4-7,9,21-22H,2-3H2. The van der Waals surface area contributed by atoms with E-state index in [-0.39, 0.29) is 5.82 Å². The topological polar surface area (TPSA) is 37.0 Å². The lowest BCUT2D eigenvalue weighted by atomic mass is 10.2. The van der Waals surface area contributed by atoms with E-state index < -0.39 is 0 Å². The van der Waals surface area contributed by atoms with Gasteiger partial charge in [0.15, 0.2) is 5.82 Å². The maximum atomic E-state index is 15.0. The summed E-state index contributed by atoms with van der Waals surface area (Å²) in [5.41, 5.74) is 3.75. The summed E-state index contributed by atoms with van der Waals surface area (Å²) >= 11 is 12.7. The number of hydrogen-bond donors (Lipinski definition) is 2. The molecule has 24 heavy (non-hydrogen) atoms. The zero-order chi connectivity index (χ0) is 16.7. The Hall–Kier alpha value is -1.02. The fourth-order valence-electron chi connectivity index (χ4n) is 2.22. The summed E-state index contributed by atoms with van der Waals surface area (Å²) in [7, 11) is 0. The Balaban J connectivity index is 1.75. The van der Waals surface area contributed by atoms with Gasteiger partial charge in [0, 0.05) is 9.72 Å². The van der Waals surface area contributed by atoms with Crippen molar-refractivity contribution in [3.63, 3.8) is 0 Å². The highest BCUT2D eigenvalue weighted by atomic mass is 79.9. The first-order chi connectivity index (χ1) is 11.6. The summed E-state index contributed by atoms with van der Waals surface area (Å²) in [6, 6.07) is 7.38. The van der Waals surface area contributed by atoms with Gasteiger partial charge in [-0.1, -0.05) is 27.5 Å². The van der Waals surface area contributed by atoms with Crippen molar-refractivity contribution < 1.29 is 4.39 Å². The second-order valence-corrected chi connectivity index (χ2v) is 8.80. The normalized spacial score (nSPS) is 14.1. The minimum absolute atomic E-state index is 0.366. The molecule has 4 rings (SSSR count). The molecular formula is C16H12BrClFN3S2. The molecule has 3 aromatic rings. The third kappa shape index (κ3) is 3.35. The van der Waals surface area contributed by atoms with Gasteiger partial charge in [-0.15, -0.1) is 11.3 Å². The molecule has 2 aromatic carbocycles. The Bertz CT molecular complexity index is 914. The molecule has 124 valence electrons. The van der Waals surface area contributed by atoms with Crippen LogP contribution in [0.4, 0.5) is 21.5 Å². The molecule has 0 atom stereocenters. The first-order valence-corrected chi connectivity index (χ1v) is 10.2. The van der Waals surface area contributed by atoms with Crippen molar-refractivity contribution in [3.8, 4) is 0 Å². The number of nitrogens with zero attached hydrogens (tertiary/aromatic N) is 1. The van der Waals surface area contributed by atoms with Gasteiger partial charge in [0.2, 0.25) is 0 Å². The number of thiazole rings is 1. The van der Waals surface area contributed by atoms with Crippen molar-refractivity contribution in [2.45, 2.75) is 18.1 Å². The molecule has 0 unspecified atom stereocenters. The molecular weight excluding hydrogens is 433 g/mol. The maximum absolute atomic E-state index is 15.0. The average molecular weight is 445 g/mol. The number of benzene rings is 2. The first kappa shape index (κ1) is 16.4. The first-order valence-electron chi connectivity index (χ1n) is 7.31. The smallest absolute Gasteiger partial charge is 0.175 e. The number of rotatable bonds is 5. The summed E-state index contributed by atoms with van der Waals surface area (Å²) in [6.45, 7) is 0. The van der Waals surface area contributed by atoms with Crippen LogP contribution in [-0.4, -0.2) is 10.2 Å². The van der Waals surface area contributed by atoms with Crippen LogP contribution in [0.25, 0.3) is 10.2 Å². The molecule has 0 bridgehead atoms. The Labute approximate surface area is 160 Å². The minimum atomic E-state index is -0.369. The van der Waals surface area contributed by atoms with Crippen LogP contribution in [0.3, 0.4) is 0 Å². The van der Waals surface area contributed by atoms with Crippen molar-refractivity contribution in [1.29, 1.82) is 0 Å². The molecule has 1 fully saturated rings. The molecule has 1 heterocycles. The number of aromatic nitrogens is 1. The number of hydrogen-bond acceptors (Lipinski definition) is 5. The van der Waals surface area contributed by atoms with E-state index in [9.17, 15) is 4.39 Å². The highest BCUT2D eigenvalue weighted by Crippen LogP contribution is 2.41. The van der Waals surface area contributed by atoms with Gasteiger partial charge in [-0.05, 0) is 49.1 Å². The summed E-state index contributed by atoms with van der Waals surface area (Å²) in [6.07, 6.45) is 2.40. The van der Waals surface area contributed by atoms with E-state index in [0.717, 1.165) is 9.17 Å². The van der Waals surface area contributed by atoms with Gasteiger partial charge in [-0.25, -0.2) is 9.37 Å². The van der Waals surface area contributed by atoms with Crippen LogP contribution in [0.2, 0.25) is 5.02 Å². The summed E-state index contributed by atoms with van der Waals surface area (Å²) in [4.78, 5) is 4.13. The van der Waals surface area contributed by atoms with Gasteiger partial charge in [-0.3, -0.25) is 0 Å². The fourth-order valence-corrected chi connectivity index (χ4v) is 4.48. The number of nitrogens with one attached hydrogen (secondary N) is 2. The van der Waals surface area contributed by atoms with E-state index in [4.69, 9.17) is 11.6 Å². The Morgan fingerprint density at radius 1 is 1.29 bits per heavy atom. The van der Waals surface area contributed by atoms with E-state index in [1.165, 1.54) is 24.2 Å². The van der Waals surface area contributed by atoms with Crippen LogP contribution in [0.5, 0.6) is 0 Å². The quantitative estimate of drug-likeness (QED) is 0.423. The average Bonchev–Trinajstić information content (AvgIpc) is 3.26. The lowest BCUT2D eigenvalue weighted by Crippen LogP contribution is -2.01. The van der Waals surface area contributed by atoms with Crippen LogP contribution in [0.15, 0.2) is 34.2 Å². The van der Waals surface area contributed by atoms with E-state index >= 15 is 0 Å². The van der Waals surface area contributed by atoms with E-state index in [1.54, 1.807) is 23.5 Å². The SMILES string of the molecule is Fc1c(Nc2ccc(Br)cc2Cl)c(NSC2CC2)cc2scnc12. The van der Waals surface area contributed by atoms with Crippen LogP contribution < -0.4 is 10.0 Å². The third-order valence-corrected chi connectivity index (χ3v) is 6.34. The Morgan fingerprint density at radius 3 is 2.88 bits per heavy atom. The Kier molecular flexibility index (Phi) is 4.60. The van der Waals surface area contributed by atoms with Gasteiger partial charge in [0.05, 0.1) is 26.6 Å². The fraction of sp³-hybridized carbons (Fsp3) is 0.188. The van der Waals surface area contributed by atoms with Gasteiger partial charge >= 0.3 is 0 Å². The summed E-state index contributed by atoms with van der Waals surface area (Å²) < 4.78 is 20.0. The van der Waals surface area contributed by atoms with E-state index in [1.807, 2.05) is 18.2 Å². The van der Waals surface area contributed by atoms with Crippen LogP contribution >= 0.6 is 50.8 Å². The van der Waals surface area contributed by atoms with E-state index in [0.29, 0.717) is 32.9 Å². The number of halogens is 3. The highest BCUT2D eigenvalue weighted by molar-refractivity contribution is 9.10. The van der Waals surface area contributed by atoms with E-state index in [2.05, 4.69) is 31.0 Å². The van der Waals surface area contributed by atoms with Crippen molar-refractivity contribution in [2.24, 2.45) is 0 Å². The zero-order valence-corrected chi connectivity index (χ0v) is 16.3.